The number of hydrogen-bond acceptors (Lipinski definition) is 2. The van der Waals surface area contributed by atoms with E-state index in [-0.39, 0.29) is 23.9 Å². The lowest BCUT2D eigenvalue weighted by Crippen LogP contribution is -2.41. The fourth-order valence-corrected chi connectivity index (χ4v) is 1.36. The van der Waals surface area contributed by atoms with Crippen LogP contribution in [0.25, 0.3) is 0 Å². The zero-order valence-electron chi connectivity index (χ0n) is 8.59. The molecule has 1 unspecified atom stereocenters. The highest BCUT2D eigenvalue weighted by molar-refractivity contribution is 5.78. The van der Waals surface area contributed by atoms with Crippen molar-refractivity contribution in [2.75, 3.05) is 13.1 Å². The topological polar surface area (TPSA) is 70.2 Å². The first kappa shape index (κ1) is 10.8. The summed E-state index contributed by atoms with van der Waals surface area (Å²) in [5, 5.41) is 8.18. The third kappa shape index (κ3) is 3.64. The Hall–Kier alpha value is -1.26. The van der Waals surface area contributed by atoms with Gasteiger partial charge in [-0.2, -0.15) is 0 Å². The molecular weight excluding hydrogens is 182 g/mol. The minimum Gasteiger partial charge on any atom is -0.356 e. The molecule has 0 spiro atoms. The molecule has 3 N–H and O–H groups in total. The van der Waals surface area contributed by atoms with Crippen LogP contribution in [-0.4, -0.2) is 31.1 Å². The monoisotopic (exact) mass is 199 g/mol. The van der Waals surface area contributed by atoms with Crippen LogP contribution in [0, 0.1) is 5.92 Å². The first-order chi connectivity index (χ1) is 6.58. The average molecular weight is 199 g/mol. The Bertz CT molecular complexity index is 228. The third-order valence-corrected chi connectivity index (χ3v) is 2.03. The molecule has 1 rings (SSSR count). The highest BCUT2D eigenvalue weighted by atomic mass is 16.2. The van der Waals surface area contributed by atoms with Crippen LogP contribution in [0.3, 0.4) is 0 Å². The predicted molar refractivity (Wildman–Crippen MR) is 52.8 cm³/mol. The fraction of sp³-hybridized carbons (Fsp3) is 0.778. The quantitative estimate of drug-likeness (QED) is 0.590. The van der Waals surface area contributed by atoms with Crippen LogP contribution in [0.5, 0.6) is 0 Å². The van der Waals surface area contributed by atoms with Gasteiger partial charge in [0.1, 0.15) is 0 Å². The highest BCUT2D eigenvalue weighted by Gasteiger charge is 2.21. The van der Waals surface area contributed by atoms with Crippen LogP contribution in [0.1, 0.15) is 20.3 Å². The fourth-order valence-electron chi connectivity index (χ4n) is 1.36. The van der Waals surface area contributed by atoms with Gasteiger partial charge in [-0.3, -0.25) is 4.79 Å². The zero-order chi connectivity index (χ0) is 10.6. The summed E-state index contributed by atoms with van der Waals surface area (Å²) in [5.41, 5.74) is 0. The maximum atomic E-state index is 11.2. The van der Waals surface area contributed by atoms with Gasteiger partial charge < -0.3 is 16.0 Å². The number of carbonyl (C=O) groups is 2. The summed E-state index contributed by atoms with van der Waals surface area (Å²) >= 11 is 0. The Kier molecular flexibility index (Phi) is 3.73. The summed E-state index contributed by atoms with van der Waals surface area (Å²) in [7, 11) is 0. The predicted octanol–water partition coefficient (Wildman–Crippen LogP) is -0.170. The average Bonchev–Trinajstić information content (AvgIpc) is 2.47. The van der Waals surface area contributed by atoms with Crippen molar-refractivity contribution in [3.05, 3.63) is 0 Å². The van der Waals surface area contributed by atoms with Gasteiger partial charge >= 0.3 is 6.03 Å². The van der Waals surface area contributed by atoms with Gasteiger partial charge in [0.15, 0.2) is 0 Å². The molecule has 0 aromatic rings. The van der Waals surface area contributed by atoms with E-state index in [9.17, 15) is 9.59 Å². The lowest BCUT2D eigenvalue weighted by Gasteiger charge is -2.12. The number of nitrogens with one attached hydrogen (secondary N) is 3. The molecule has 5 heteroatoms. The molecule has 5 nitrogen and oxygen atoms in total. The SMILES string of the molecule is CC(C)NC(=O)NCC1CNC(=O)C1. The number of urea groups is 1. The van der Waals surface area contributed by atoms with Crippen molar-refractivity contribution in [2.45, 2.75) is 26.3 Å². The Morgan fingerprint density at radius 2 is 2.36 bits per heavy atom. The van der Waals surface area contributed by atoms with Gasteiger partial charge in [-0.25, -0.2) is 4.79 Å². The van der Waals surface area contributed by atoms with Gasteiger partial charge in [0, 0.05) is 31.5 Å². The van der Waals surface area contributed by atoms with Crippen molar-refractivity contribution in [1.82, 2.24) is 16.0 Å². The first-order valence-corrected chi connectivity index (χ1v) is 4.89. The van der Waals surface area contributed by atoms with Crippen molar-refractivity contribution < 1.29 is 9.59 Å². The second kappa shape index (κ2) is 4.83. The van der Waals surface area contributed by atoms with Crippen molar-refractivity contribution in [2.24, 2.45) is 5.92 Å². The molecule has 1 heterocycles. The zero-order valence-corrected chi connectivity index (χ0v) is 8.59. The second-order valence-electron chi connectivity index (χ2n) is 3.88. The lowest BCUT2D eigenvalue weighted by molar-refractivity contribution is -0.119. The van der Waals surface area contributed by atoms with E-state index in [0.717, 1.165) is 0 Å². The van der Waals surface area contributed by atoms with Crippen LogP contribution >= 0.6 is 0 Å². The minimum absolute atomic E-state index is 0.0704. The van der Waals surface area contributed by atoms with Crippen LogP contribution in [-0.2, 0) is 4.79 Å². The van der Waals surface area contributed by atoms with E-state index >= 15 is 0 Å². The molecule has 1 fully saturated rings. The first-order valence-electron chi connectivity index (χ1n) is 4.89. The summed E-state index contributed by atoms with van der Waals surface area (Å²) in [6, 6.07) is -0.0299. The maximum absolute atomic E-state index is 11.2. The molecule has 0 aromatic heterocycles. The summed E-state index contributed by atoms with van der Waals surface area (Å²) < 4.78 is 0. The smallest absolute Gasteiger partial charge is 0.314 e. The summed E-state index contributed by atoms with van der Waals surface area (Å²) in [6.07, 6.45) is 0.516. The molecule has 1 aliphatic rings. The van der Waals surface area contributed by atoms with Gasteiger partial charge in [-0.05, 0) is 13.8 Å². The van der Waals surface area contributed by atoms with Crippen LogP contribution < -0.4 is 16.0 Å². The molecule has 3 amide bonds. The Morgan fingerprint density at radius 1 is 1.64 bits per heavy atom. The maximum Gasteiger partial charge on any atom is 0.314 e. The Morgan fingerprint density at radius 3 is 2.86 bits per heavy atom. The molecule has 80 valence electrons. The summed E-state index contributed by atoms with van der Waals surface area (Å²) in [4.78, 5) is 22.0. The molecular formula is C9H17N3O2. The largest absolute Gasteiger partial charge is 0.356 e. The Balaban J connectivity index is 2.14. The highest BCUT2D eigenvalue weighted by Crippen LogP contribution is 2.06. The van der Waals surface area contributed by atoms with E-state index in [2.05, 4.69) is 16.0 Å². The summed E-state index contributed by atoms with van der Waals surface area (Å²) in [6.45, 7) is 5.03. The summed E-state index contributed by atoms with van der Waals surface area (Å²) in [5.74, 6) is 0.307. The number of rotatable bonds is 3. The van der Waals surface area contributed by atoms with Crippen LogP contribution in [0.15, 0.2) is 0 Å². The van der Waals surface area contributed by atoms with E-state index in [1.165, 1.54) is 0 Å². The Labute approximate surface area is 83.6 Å². The normalized spacial score (nSPS) is 20.8. The molecule has 0 aromatic carbocycles. The van der Waals surface area contributed by atoms with Gasteiger partial charge in [-0.1, -0.05) is 0 Å². The van der Waals surface area contributed by atoms with Crippen molar-refractivity contribution in [3.8, 4) is 0 Å². The second-order valence-corrected chi connectivity index (χ2v) is 3.88. The molecule has 14 heavy (non-hydrogen) atoms. The molecule has 0 saturated carbocycles. The van der Waals surface area contributed by atoms with Crippen molar-refractivity contribution in [1.29, 1.82) is 0 Å². The molecule has 0 radical (unpaired) electrons. The van der Waals surface area contributed by atoms with E-state index in [1.54, 1.807) is 0 Å². The van der Waals surface area contributed by atoms with E-state index in [4.69, 9.17) is 0 Å². The van der Waals surface area contributed by atoms with Gasteiger partial charge in [0.05, 0.1) is 0 Å². The molecule has 0 bridgehead atoms. The van der Waals surface area contributed by atoms with Crippen LogP contribution in [0.4, 0.5) is 4.79 Å². The van der Waals surface area contributed by atoms with E-state index in [1.807, 2.05) is 13.8 Å². The minimum atomic E-state index is -0.167. The standard InChI is InChI=1S/C9H17N3O2/c1-6(2)12-9(14)11-5-7-3-8(13)10-4-7/h6-7H,3-5H2,1-2H3,(H,10,13)(H2,11,12,14). The lowest BCUT2D eigenvalue weighted by atomic mass is 10.1. The number of amides is 3. The molecule has 1 atom stereocenters. The van der Waals surface area contributed by atoms with Crippen molar-refractivity contribution in [3.63, 3.8) is 0 Å². The van der Waals surface area contributed by atoms with Gasteiger partial charge in [-0.15, -0.1) is 0 Å². The van der Waals surface area contributed by atoms with Gasteiger partial charge in [0.2, 0.25) is 5.91 Å². The molecule has 1 saturated heterocycles. The third-order valence-electron chi connectivity index (χ3n) is 2.03. The van der Waals surface area contributed by atoms with E-state index < -0.39 is 0 Å². The van der Waals surface area contributed by atoms with Crippen LogP contribution in [0.2, 0.25) is 0 Å². The molecule has 0 aliphatic carbocycles. The van der Waals surface area contributed by atoms with Crippen molar-refractivity contribution >= 4 is 11.9 Å². The molecule has 1 aliphatic heterocycles. The number of carbonyl (C=O) groups excluding carboxylic acids is 2. The van der Waals surface area contributed by atoms with E-state index in [0.29, 0.717) is 19.5 Å². The van der Waals surface area contributed by atoms with Gasteiger partial charge in [0.25, 0.3) is 0 Å². The number of hydrogen-bond donors (Lipinski definition) is 3.